The third-order valence-corrected chi connectivity index (χ3v) is 3.96. The molecule has 122 valence electrons. The third kappa shape index (κ3) is 2.47. The van der Waals surface area contributed by atoms with E-state index >= 15 is 0 Å². The van der Waals surface area contributed by atoms with Gasteiger partial charge in [-0.15, -0.1) is 0 Å². The van der Waals surface area contributed by atoms with E-state index in [-0.39, 0.29) is 5.96 Å². The molecule has 7 nitrogen and oxygen atoms in total. The van der Waals surface area contributed by atoms with Gasteiger partial charge in [-0.1, -0.05) is 36.4 Å². The number of nitrogens with zero attached hydrogens (tertiary/aromatic N) is 4. The minimum atomic E-state index is -0.485. The number of nitrogens with two attached hydrogens (primary N) is 2. The topological polar surface area (TPSA) is 112 Å². The van der Waals surface area contributed by atoms with Crippen LogP contribution in [-0.2, 0) is 0 Å². The van der Waals surface area contributed by atoms with Crippen LogP contribution in [0.1, 0.15) is 10.4 Å². The molecular weight excluding hydrogens is 316 g/mol. The average Bonchev–Trinajstić information content (AvgIpc) is 3.00. The van der Waals surface area contributed by atoms with Gasteiger partial charge in [0.1, 0.15) is 0 Å². The molecule has 0 aliphatic heterocycles. The Labute approximate surface area is 142 Å². The summed E-state index contributed by atoms with van der Waals surface area (Å²) in [6.45, 7) is 0. The Hall–Kier alpha value is -3.74. The highest BCUT2D eigenvalue weighted by Gasteiger charge is 2.17. The highest BCUT2D eigenvalue weighted by molar-refractivity contribution is 6.11. The molecule has 25 heavy (non-hydrogen) atoms. The number of para-hydroxylation sites is 1. The van der Waals surface area contributed by atoms with Crippen molar-refractivity contribution in [3.8, 4) is 5.69 Å². The minimum Gasteiger partial charge on any atom is -0.370 e. The Morgan fingerprint density at radius 2 is 1.72 bits per heavy atom. The lowest BCUT2D eigenvalue weighted by Crippen LogP contribution is -2.24. The summed E-state index contributed by atoms with van der Waals surface area (Å²) < 4.78 is 1.90. The molecule has 0 unspecified atom stereocenters. The maximum atomic E-state index is 12.4. The van der Waals surface area contributed by atoms with Gasteiger partial charge in [0.25, 0.3) is 5.91 Å². The Kier molecular flexibility index (Phi) is 3.39. The van der Waals surface area contributed by atoms with E-state index in [9.17, 15) is 4.79 Å². The van der Waals surface area contributed by atoms with E-state index in [1.54, 1.807) is 12.4 Å². The standard InChI is InChI=1S/C18H14N6O/c19-18(20)22-17(25)13-10-24(15-8-4-2-5-11(13)15)16-9-21-23-14-7-3-1-6-12(14)16/h1-10H,(H4,19,20,22,25). The Balaban J connectivity index is 2.03. The lowest BCUT2D eigenvalue weighted by Gasteiger charge is -2.07. The summed E-state index contributed by atoms with van der Waals surface area (Å²) in [6, 6.07) is 15.3. The van der Waals surface area contributed by atoms with Gasteiger partial charge in [-0.05, 0) is 12.1 Å². The van der Waals surface area contributed by atoms with Gasteiger partial charge >= 0.3 is 0 Å². The lowest BCUT2D eigenvalue weighted by atomic mass is 10.1. The van der Waals surface area contributed by atoms with Crippen molar-refractivity contribution in [3.05, 3.63) is 66.5 Å². The molecule has 0 aliphatic rings. The molecular formula is C18H14N6O. The molecule has 2 aromatic heterocycles. The molecule has 0 aliphatic carbocycles. The number of hydrogen-bond donors (Lipinski definition) is 2. The minimum absolute atomic E-state index is 0.266. The molecule has 2 heterocycles. The average molecular weight is 330 g/mol. The van der Waals surface area contributed by atoms with Crippen molar-refractivity contribution in [1.82, 2.24) is 14.8 Å². The van der Waals surface area contributed by atoms with Crippen LogP contribution in [0.5, 0.6) is 0 Å². The fourth-order valence-electron chi connectivity index (χ4n) is 2.91. The van der Waals surface area contributed by atoms with Crippen LogP contribution in [0, 0.1) is 0 Å². The first-order valence-electron chi connectivity index (χ1n) is 7.60. The fraction of sp³-hybridized carbons (Fsp3) is 0. The summed E-state index contributed by atoms with van der Waals surface area (Å²) >= 11 is 0. The summed E-state index contributed by atoms with van der Waals surface area (Å²) in [4.78, 5) is 16.0. The van der Waals surface area contributed by atoms with Crippen LogP contribution >= 0.6 is 0 Å². The number of hydrogen-bond acceptors (Lipinski definition) is 3. The number of guanidine groups is 1. The van der Waals surface area contributed by atoms with Crippen molar-refractivity contribution >= 4 is 33.7 Å². The Morgan fingerprint density at radius 1 is 1.00 bits per heavy atom. The van der Waals surface area contributed by atoms with Gasteiger partial charge < -0.3 is 16.0 Å². The van der Waals surface area contributed by atoms with E-state index in [0.29, 0.717) is 5.56 Å². The number of benzene rings is 2. The van der Waals surface area contributed by atoms with Crippen LogP contribution in [0.15, 0.2) is 65.9 Å². The molecule has 7 heteroatoms. The van der Waals surface area contributed by atoms with Crippen LogP contribution in [0.25, 0.3) is 27.5 Å². The van der Waals surface area contributed by atoms with Crippen molar-refractivity contribution < 1.29 is 4.79 Å². The molecule has 0 atom stereocenters. The van der Waals surface area contributed by atoms with Gasteiger partial charge in [0.2, 0.25) is 0 Å². The van der Waals surface area contributed by atoms with Crippen LogP contribution in [-0.4, -0.2) is 26.6 Å². The molecule has 0 bridgehead atoms. The second kappa shape index (κ2) is 5.72. The molecule has 0 spiro atoms. The van der Waals surface area contributed by atoms with E-state index in [0.717, 1.165) is 27.5 Å². The fourth-order valence-corrected chi connectivity index (χ4v) is 2.91. The number of aliphatic imine (C=N–C) groups is 1. The summed E-state index contributed by atoms with van der Waals surface area (Å²) in [5, 5.41) is 9.91. The second-order valence-corrected chi connectivity index (χ2v) is 5.52. The van der Waals surface area contributed by atoms with Gasteiger partial charge in [-0.25, -0.2) is 0 Å². The van der Waals surface area contributed by atoms with E-state index in [1.807, 2.05) is 53.1 Å². The van der Waals surface area contributed by atoms with Crippen molar-refractivity contribution in [2.45, 2.75) is 0 Å². The normalized spacial score (nSPS) is 10.9. The zero-order valence-corrected chi connectivity index (χ0v) is 13.1. The van der Waals surface area contributed by atoms with E-state index in [1.165, 1.54) is 0 Å². The van der Waals surface area contributed by atoms with Crippen molar-refractivity contribution in [2.24, 2.45) is 16.5 Å². The van der Waals surface area contributed by atoms with Gasteiger partial charge in [0, 0.05) is 17.0 Å². The first-order valence-corrected chi connectivity index (χ1v) is 7.60. The molecule has 2 aromatic carbocycles. The highest BCUT2D eigenvalue weighted by Crippen LogP contribution is 2.28. The predicted octanol–water partition coefficient (Wildman–Crippen LogP) is 1.99. The summed E-state index contributed by atoms with van der Waals surface area (Å²) in [5.74, 6) is -0.751. The molecule has 4 rings (SSSR count). The zero-order chi connectivity index (χ0) is 17.4. The second-order valence-electron chi connectivity index (χ2n) is 5.52. The van der Waals surface area contributed by atoms with Crippen LogP contribution in [0.2, 0.25) is 0 Å². The number of aromatic nitrogens is 3. The molecule has 0 fully saturated rings. The quantitative estimate of drug-likeness (QED) is 0.431. The number of carbonyl (C=O) groups excluding carboxylic acids is 1. The number of carbonyl (C=O) groups is 1. The predicted molar refractivity (Wildman–Crippen MR) is 96.5 cm³/mol. The third-order valence-electron chi connectivity index (χ3n) is 3.96. The number of rotatable bonds is 2. The Bertz CT molecular complexity index is 1140. The monoisotopic (exact) mass is 330 g/mol. The number of fused-ring (bicyclic) bond motifs is 2. The molecule has 0 saturated heterocycles. The molecule has 1 amide bonds. The van der Waals surface area contributed by atoms with Gasteiger partial charge in [-0.3, -0.25) is 4.79 Å². The van der Waals surface area contributed by atoms with E-state index < -0.39 is 5.91 Å². The largest absolute Gasteiger partial charge is 0.370 e. The Morgan fingerprint density at radius 3 is 2.52 bits per heavy atom. The molecule has 4 aromatic rings. The van der Waals surface area contributed by atoms with Crippen molar-refractivity contribution in [3.63, 3.8) is 0 Å². The number of amides is 1. The summed E-state index contributed by atoms with van der Waals surface area (Å²) in [6.07, 6.45) is 3.40. The SMILES string of the molecule is NC(N)=NC(=O)c1cn(-c2cnnc3ccccc23)c2ccccc12. The lowest BCUT2D eigenvalue weighted by molar-refractivity contribution is 0.100. The van der Waals surface area contributed by atoms with Crippen LogP contribution < -0.4 is 11.5 Å². The van der Waals surface area contributed by atoms with E-state index in [2.05, 4.69) is 15.2 Å². The first kappa shape index (κ1) is 14.8. The molecule has 0 radical (unpaired) electrons. The maximum absolute atomic E-state index is 12.4. The highest BCUT2D eigenvalue weighted by atomic mass is 16.1. The van der Waals surface area contributed by atoms with Gasteiger partial charge in [0.15, 0.2) is 5.96 Å². The summed E-state index contributed by atoms with van der Waals surface area (Å²) in [5.41, 5.74) is 13.6. The van der Waals surface area contributed by atoms with Gasteiger partial charge in [0.05, 0.1) is 28.5 Å². The first-order chi connectivity index (χ1) is 12.1. The van der Waals surface area contributed by atoms with Crippen LogP contribution in [0.4, 0.5) is 0 Å². The zero-order valence-electron chi connectivity index (χ0n) is 13.1. The maximum Gasteiger partial charge on any atom is 0.282 e. The van der Waals surface area contributed by atoms with E-state index in [4.69, 9.17) is 11.5 Å². The van der Waals surface area contributed by atoms with Crippen LogP contribution in [0.3, 0.4) is 0 Å². The molecule has 4 N–H and O–H groups in total. The van der Waals surface area contributed by atoms with Gasteiger partial charge in [-0.2, -0.15) is 15.2 Å². The smallest absolute Gasteiger partial charge is 0.282 e. The summed E-state index contributed by atoms with van der Waals surface area (Å²) in [7, 11) is 0. The van der Waals surface area contributed by atoms with Crippen molar-refractivity contribution in [1.29, 1.82) is 0 Å². The molecule has 0 saturated carbocycles. The van der Waals surface area contributed by atoms with Crippen molar-refractivity contribution in [2.75, 3.05) is 0 Å².